The van der Waals surface area contributed by atoms with E-state index in [1.165, 1.54) is 13.3 Å². The Morgan fingerprint density at radius 3 is 2.50 bits per heavy atom. The molecule has 1 rings (SSSR count). The van der Waals surface area contributed by atoms with Crippen LogP contribution in [0.25, 0.3) is 0 Å². The lowest BCUT2D eigenvalue weighted by atomic mass is 10.5. The lowest BCUT2D eigenvalue weighted by molar-refractivity contribution is -0.106. The van der Waals surface area contributed by atoms with E-state index in [2.05, 4.69) is 11.4 Å². The van der Waals surface area contributed by atoms with Crippen LogP contribution in [0.3, 0.4) is 0 Å². The molecule has 2 heteroatoms. The van der Waals surface area contributed by atoms with E-state index in [0.717, 1.165) is 12.8 Å². The van der Waals surface area contributed by atoms with E-state index >= 15 is 0 Å². The van der Waals surface area contributed by atoms with Crippen LogP contribution in [0, 0.1) is 0 Å². The highest BCUT2D eigenvalue weighted by Gasteiger charge is 1.81. The van der Waals surface area contributed by atoms with Gasteiger partial charge >= 0.3 is 0 Å². The fraction of sp³-hybridized carbons (Fsp3) is 0.500. The van der Waals surface area contributed by atoms with Crippen molar-refractivity contribution < 1.29 is 4.79 Å². The lowest BCUT2D eigenvalue weighted by Crippen LogP contribution is -1.96. The first kappa shape index (κ1) is 7.21. The van der Waals surface area contributed by atoms with Crippen LogP contribution in [0.15, 0.2) is 12.3 Å². The highest BCUT2D eigenvalue weighted by molar-refractivity contribution is 5.44. The number of carbonyl (C=O) groups is 1. The van der Waals surface area contributed by atoms with Crippen LogP contribution in [-0.2, 0) is 4.79 Å². The Morgan fingerprint density at radius 2 is 2.38 bits per heavy atom. The van der Waals surface area contributed by atoms with Gasteiger partial charge in [0.1, 0.15) is 6.29 Å². The van der Waals surface area contributed by atoms with Gasteiger partial charge in [0, 0.05) is 6.54 Å². The Balaban J connectivity index is 0.000000145. The van der Waals surface area contributed by atoms with Crippen molar-refractivity contribution in [3.8, 4) is 0 Å². The quantitative estimate of drug-likeness (QED) is 0.468. The monoisotopic (exact) mass is 113 g/mol. The van der Waals surface area contributed by atoms with E-state index in [-0.39, 0.29) is 0 Å². The molecule has 1 N–H and O–H groups in total. The second-order valence-corrected chi connectivity index (χ2v) is 1.38. The summed E-state index contributed by atoms with van der Waals surface area (Å²) >= 11 is 0. The van der Waals surface area contributed by atoms with E-state index in [1.54, 1.807) is 0 Å². The second-order valence-electron chi connectivity index (χ2n) is 1.38. The minimum Gasteiger partial charge on any atom is -0.391 e. The zero-order valence-electron chi connectivity index (χ0n) is 5.05. The first-order valence-electron chi connectivity index (χ1n) is 2.70. The van der Waals surface area contributed by atoms with Gasteiger partial charge in [0.05, 0.1) is 0 Å². The van der Waals surface area contributed by atoms with E-state index < -0.39 is 0 Å². The van der Waals surface area contributed by atoms with Gasteiger partial charge < -0.3 is 10.1 Å². The zero-order valence-corrected chi connectivity index (χ0v) is 5.05. The van der Waals surface area contributed by atoms with Gasteiger partial charge in [-0.15, -0.1) is 0 Å². The molecule has 1 heterocycles. The van der Waals surface area contributed by atoms with Crippen molar-refractivity contribution >= 4 is 6.29 Å². The van der Waals surface area contributed by atoms with Crippen molar-refractivity contribution in [2.75, 3.05) is 6.54 Å². The Kier molecular flexibility index (Phi) is 5.60. The first-order chi connectivity index (χ1) is 3.91. The third-order valence-corrected chi connectivity index (χ3v) is 0.691. The molecule has 0 aromatic heterocycles. The van der Waals surface area contributed by atoms with Crippen LogP contribution in [0.1, 0.15) is 13.3 Å². The predicted molar refractivity (Wildman–Crippen MR) is 33.5 cm³/mol. The van der Waals surface area contributed by atoms with E-state index in [4.69, 9.17) is 4.79 Å². The van der Waals surface area contributed by atoms with Crippen molar-refractivity contribution in [2.45, 2.75) is 13.3 Å². The fourth-order valence-electron chi connectivity index (χ4n) is 0.417. The Hall–Kier alpha value is -0.790. The molecule has 0 saturated carbocycles. The summed E-state index contributed by atoms with van der Waals surface area (Å²) in [4.78, 5) is 8.81. The van der Waals surface area contributed by atoms with Crippen molar-refractivity contribution in [1.29, 1.82) is 0 Å². The average molecular weight is 113 g/mol. The molecule has 0 aliphatic carbocycles. The summed E-state index contributed by atoms with van der Waals surface area (Å²) in [5.74, 6) is 0. The summed E-state index contributed by atoms with van der Waals surface area (Å²) in [7, 11) is 0. The van der Waals surface area contributed by atoms with Crippen LogP contribution >= 0.6 is 0 Å². The summed E-state index contributed by atoms with van der Waals surface area (Å²) in [6, 6.07) is 0. The summed E-state index contributed by atoms with van der Waals surface area (Å²) in [6.45, 7) is 2.58. The van der Waals surface area contributed by atoms with Gasteiger partial charge in [-0.3, -0.25) is 0 Å². The maximum absolute atomic E-state index is 8.81. The van der Waals surface area contributed by atoms with Gasteiger partial charge in [-0.05, 0) is 19.5 Å². The minimum absolute atomic E-state index is 0.750. The van der Waals surface area contributed by atoms with Crippen LogP contribution in [-0.4, -0.2) is 12.8 Å². The average Bonchev–Trinajstić information content (AvgIpc) is 2.17. The minimum atomic E-state index is 0.750. The van der Waals surface area contributed by atoms with Crippen LogP contribution < -0.4 is 5.32 Å². The normalized spacial score (nSPS) is 13.6. The third-order valence-electron chi connectivity index (χ3n) is 0.691. The molecule has 0 bridgehead atoms. The summed E-state index contributed by atoms with van der Waals surface area (Å²) < 4.78 is 0. The van der Waals surface area contributed by atoms with Crippen molar-refractivity contribution in [1.82, 2.24) is 5.32 Å². The molecule has 46 valence electrons. The molecular formula is C6H11NO. The van der Waals surface area contributed by atoms with Gasteiger partial charge in [-0.2, -0.15) is 0 Å². The van der Waals surface area contributed by atoms with E-state index in [9.17, 15) is 0 Å². The van der Waals surface area contributed by atoms with Gasteiger partial charge in [-0.25, -0.2) is 0 Å². The Labute approximate surface area is 49.6 Å². The fourth-order valence-corrected chi connectivity index (χ4v) is 0.417. The van der Waals surface area contributed by atoms with E-state index in [1.807, 2.05) is 6.20 Å². The molecule has 1 aliphatic heterocycles. The molecule has 0 spiro atoms. The molecule has 0 atom stereocenters. The smallest absolute Gasteiger partial charge is 0.116 e. The largest absolute Gasteiger partial charge is 0.391 e. The number of nitrogens with one attached hydrogen (secondary N) is 1. The maximum atomic E-state index is 8.81. The standard InChI is InChI=1S/C4H7N.C2H4O/c1-2-4-5-3-1;1-2-3/h1,3,5H,2,4H2;2H,1H3. The van der Waals surface area contributed by atoms with Crippen molar-refractivity contribution in [2.24, 2.45) is 0 Å². The number of carbonyl (C=O) groups excluding carboxylic acids is 1. The SMILES string of the molecule is C1=CNCC1.CC=O. The van der Waals surface area contributed by atoms with Crippen molar-refractivity contribution in [3.05, 3.63) is 12.3 Å². The maximum Gasteiger partial charge on any atom is 0.116 e. The topological polar surface area (TPSA) is 29.1 Å². The molecule has 1 aliphatic rings. The lowest BCUT2D eigenvalue weighted by Gasteiger charge is -1.78. The van der Waals surface area contributed by atoms with Crippen molar-refractivity contribution in [3.63, 3.8) is 0 Å². The molecule has 0 aromatic carbocycles. The van der Waals surface area contributed by atoms with Crippen LogP contribution in [0.4, 0.5) is 0 Å². The van der Waals surface area contributed by atoms with Crippen LogP contribution in [0.5, 0.6) is 0 Å². The Morgan fingerprint density at radius 1 is 1.75 bits per heavy atom. The summed E-state index contributed by atoms with van der Waals surface area (Å²) in [5, 5.41) is 3.04. The molecule has 0 saturated heterocycles. The summed E-state index contributed by atoms with van der Waals surface area (Å²) in [6.07, 6.45) is 6.07. The highest BCUT2D eigenvalue weighted by atomic mass is 16.1. The zero-order chi connectivity index (χ0) is 6.24. The van der Waals surface area contributed by atoms with E-state index in [0.29, 0.717) is 0 Å². The molecule has 8 heavy (non-hydrogen) atoms. The molecule has 0 fully saturated rings. The Bertz CT molecular complexity index is 72.6. The van der Waals surface area contributed by atoms with Gasteiger partial charge in [0.25, 0.3) is 0 Å². The molecular weight excluding hydrogens is 102 g/mol. The second kappa shape index (κ2) is 6.21. The van der Waals surface area contributed by atoms with Gasteiger partial charge in [0.15, 0.2) is 0 Å². The number of aldehydes is 1. The molecule has 0 unspecified atom stereocenters. The number of rotatable bonds is 0. The highest BCUT2D eigenvalue weighted by Crippen LogP contribution is 1.84. The molecule has 2 nitrogen and oxygen atoms in total. The molecule has 0 amide bonds. The summed E-state index contributed by atoms with van der Waals surface area (Å²) in [5.41, 5.74) is 0. The molecule has 0 radical (unpaired) electrons. The van der Waals surface area contributed by atoms with Gasteiger partial charge in [-0.1, -0.05) is 6.08 Å². The number of hydrogen-bond donors (Lipinski definition) is 1. The molecule has 0 aromatic rings. The van der Waals surface area contributed by atoms with Crippen LogP contribution in [0.2, 0.25) is 0 Å². The number of hydrogen-bond acceptors (Lipinski definition) is 2. The third kappa shape index (κ3) is 5.21. The van der Waals surface area contributed by atoms with Gasteiger partial charge in [0.2, 0.25) is 0 Å². The first-order valence-corrected chi connectivity index (χ1v) is 2.70. The predicted octanol–water partition coefficient (Wildman–Crippen LogP) is 0.699.